The Labute approximate surface area is 115 Å². The highest BCUT2D eigenvalue weighted by Gasteiger charge is 2.04. The Kier molecular flexibility index (Phi) is 3.05. The third-order valence-corrected chi connectivity index (χ3v) is 3.68. The fraction of sp³-hybridized carbons (Fsp3) is 0.0714. The number of H-pyrrole nitrogens is 1. The molecule has 3 rings (SSSR count). The minimum absolute atomic E-state index is 0.712. The molecular weight excluding hydrogens is 256 g/mol. The maximum Gasteiger partial charge on any atom is 0.0672 e. The first-order valence-electron chi connectivity index (χ1n) is 5.90. The van der Waals surface area contributed by atoms with Crippen LogP contribution in [0.3, 0.4) is 0 Å². The van der Waals surface area contributed by atoms with Gasteiger partial charge in [-0.3, -0.25) is 5.10 Å². The lowest BCUT2D eigenvalue weighted by Gasteiger charge is -2.10. The predicted molar refractivity (Wildman–Crippen MR) is 82.0 cm³/mol. The second-order valence-electron chi connectivity index (χ2n) is 4.25. The average Bonchev–Trinajstić information content (AvgIpc) is 2.86. The first kappa shape index (κ1) is 11.9. The molecule has 0 unspecified atom stereocenters. The van der Waals surface area contributed by atoms with E-state index in [-0.39, 0.29) is 0 Å². The molecule has 0 radical (unpaired) electrons. The number of benzene rings is 2. The van der Waals surface area contributed by atoms with E-state index in [1.165, 1.54) is 4.90 Å². The summed E-state index contributed by atoms with van der Waals surface area (Å²) < 4.78 is 0. The van der Waals surface area contributed by atoms with Crippen LogP contribution in [0.15, 0.2) is 47.5 Å². The number of aromatic amines is 1. The molecule has 0 saturated carbocycles. The monoisotopic (exact) mass is 270 g/mol. The lowest BCUT2D eigenvalue weighted by molar-refractivity contribution is 1.12. The summed E-state index contributed by atoms with van der Waals surface area (Å²) in [6, 6.07) is 12.1. The highest BCUT2D eigenvalue weighted by atomic mass is 32.2. The van der Waals surface area contributed by atoms with Crippen molar-refractivity contribution in [3.05, 3.63) is 42.6 Å². The molecule has 0 atom stereocenters. The van der Waals surface area contributed by atoms with Crippen LogP contribution < -0.4 is 11.1 Å². The first-order valence-corrected chi connectivity index (χ1v) is 7.12. The van der Waals surface area contributed by atoms with E-state index in [0.29, 0.717) is 5.69 Å². The van der Waals surface area contributed by atoms with E-state index < -0.39 is 0 Å². The molecule has 0 saturated heterocycles. The zero-order valence-electron chi connectivity index (χ0n) is 10.5. The number of hydrogen-bond donors (Lipinski definition) is 3. The van der Waals surface area contributed by atoms with E-state index in [1.54, 1.807) is 18.0 Å². The van der Waals surface area contributed by atoms with Crippen LogP contribution in [0.2, 0.25) is 0 Å². The second kappa shape index (κ2) is 4.85. The summed E-state index contributed by atoms with van der Waals surface area (Å²) >= 11 is 1.71. The molecule has 96 valence electrons. The van der Waals surface area contributed by atoms with E-state index in [2.05, 4.69) is 33.9 Å². The summed E-state index contributed by atoms with van der Waals surface area (Å²) in [4.78, 5) is 1.21. The Morgan fingerprint density at radius 1 is 1.26 bits per heavy atom. The van der Waals surface area contributed by atoms with Gasteiger partial charge < -0.3 is 11.1 Å². The third kappa shape index (κ3) is 2.37. The number of thioether (sulfide) groups is 1. The summed E-state index contributed by atoms with van der Waals surface area (Å²) in [5.41, 5.74) is 9.65. The molecule has 3 aromatic rings. The molecule has 4 N–H and O–H groups in total. The molecule has 0 bridgehead atoms. The van der Waals surface area contributed by atoms with Gasteiger partial charge in [-0.05, 0) is 36.6 Å². The summed E-state index contributed by atoms with van der Waals surface area (Å²) in [5, 5.41) is 11.3. The zero-order chi connectivity index (χ0) is 13.2. The Balaban J connectivity index is 1.97. The fourth-order valence-electron chi connectivity index (χ4n) is 1.97. The molecule has 0 aliphatic rings. The Bertz CT molecular complexity index is 720. The van der Waals surface area contributed by atoms with Crippen LogP contribution in [0.4, 0.5) is 17.1 Å². The van der Waals surface area contributed by atoms with Crippen LogP contribution >= 0.6 is 11.8 Å². The summed E-state index contributed by atoms with van der Waals surface area (Å²) in [6.45, 7) is 0. The van der Waals surface area contributed by atoms with E-state index in [9.17, 15) is 0 Å². The van der Waals surface area contributed by atoms with Gasteiger partial charge >= 0.3 is 0 Å². The number of nitrogens with one attached hydrogen (secondary N) is 2. The second-order valence-corrected chi connectivity index (χ2v) is 5.13. The van der Waals surface area contributed by atoms with E-state index in [4.69, 9.17) is 5.73 Å². The van der Waals surface area contributed by atoms with Gasteiger partial charge in [-0.1, -0.05) is 6.07 Å². The maximum atomic E-state index is 6.05. The van der Waals surface area contributed by atoms with Crippen molar-refractivity contribution in [1.82, 2.24) is 10.2 Å². The largest absolute Gasteiger partial charge is 0.397 e. The van der Waals surface area contributed by atoms with Crippen molar-refractivity contribution in [2.24, 2.45) is 0 Å². The van der Waals surface area contributed by atoms with Crippen molar-refractivity contribution in [2.45, 2.75) is 4.90 Å². The number of hydrogen-bond acceptors (Lipinski definition) is 4. The molecule has 4 nitrogen and oxygen atoms in total. The standard InChI is InChI=1S/C14H14N4S/c1-19-11-4-2-3-10(6-11)17-14-7-13-9(5-12(14)15)8-16-18-13/h2-8,17H,15H2,1H3,(H,16,18). The van der Waals surface area contributed by atoms with Gasteiger partial charge in [0.15, 0.2) is 0 Å². The summed E-state index contributed by atoms with van der Waals surface area (Å²) in [7, 11) is 0. The number of nitrogens with two attached hydrogens (primary N) is 1. The number of rotatable bonds is 3. The number of nitrogen functional groups attached to an aromatic ring is 1. The molecule has 0 amide bonds. The van der Waals surface area contributed by atoms with Crippen molar-refractivity contribution < 1.29 is 0 Å². The molecular formula is C14H14N4S. The van der Waals surface area contributed by atoms with Crippen molar-refractivity contribution in [3.8, 4) is 0 Å². The topological polar surface area (TPSA) is 66.7 Å². The van der Waals surface area contributed by atoms with Gasteiger partial charge in [0.05, 0.1) is 23.1 Å². The smallest absolute Gasteiger partial charge is 0.0672 e. The van der Waals surface area contributed by atoms with Crippen LogP contribution in [-0.4, -0.2) is 16.5 Å². The maximum absolute atomic E-state index is 6.05. The predicted octanol–water partition coefficient (Wildman–Crippen LogP) is 3.61. The summed E-state index contributed by atoms with van der Waals surface area (Å²) in [6.07, 6.45) is 3.83. The minimum Gasteiger partial charge on any atom is -0.397 e. The summed E-state index contributed by atoms with van der Waals surface area (Å²) in [5.74, 6) is 0. The van der Waals surface area contributed by atoms with E-state index >= 15 is 0 Å². The number of aromatic nitrogens is 2. The number of nitrogens with zero attached hydrogens (tertiary/aromatic N) is 1. The zero-order valence-corrected chi connectivity index (χ0v) is 11.3. The van der Waals surface area contributed by atoms with Crippen LogP contribution in [0, 0.1) is 0 Å². The van der Waals surface area contributed by atoms with Gasteiger partial charge in [0, 0.05) is 16.0 Å². The van der Waals surface area contributed by atoms with Gasteiger partial charge in [0.2, 0.25) is 0 Å². The molecule has 0 aliphatic heterocycles. The average molecular weight is 270 g/mol. The SMILES string of the molecule is CSc1cccc(Nc2cc3[nH]ncc3cc2N)c1. The Morgan fingerprint density at radius 2 is 2.16 bits per heavy atom. The van der Waals surface area contributed by atoms with Crippen LogP contribution in [0.25, 0.3) is 10.9 Å². The number of fused-ring (bicyclic) bond motifs is 1. The fourth-order valence-corrected chi connectivity index (χ4v) is 2.43. The van der Waals surface area contributed by atoms with Crippen LogP contribution in [0.5, 0.6) is 0 Å². The van der Waals surface area contributed by atoms with Gasteiger partial charge in [0.1, 0.15) is 0 Å². The molecule has 0 spiro atoms. The van der Waals surface area contributed by atoms with Crippen LogP contribution in [0.1, 0.15) is 0 Å². The quantitative estimate of drug-likeness (QED) is 0.502. The van der Waals surface area contributed by atoms with E-state index in [0.717, 1.165) is 22.3 Å². The normalized spacial score (nSPS) is 10.8. The molecule has 0 fully saturated rings. The number of anilines is 3. The van der Waals surface area contributed by atoms with Crippen LogP contribution in [-0.2, 0) is 0 Å². The van der Waals surface area contributed by atoms with Gasteiger partial charge in [0.25, 0.3) is 0 Å². The molecule has 5 heteroatoms. The molecule has 1 aromatic heterocycles. The molecule has 1 heterocycles. The first-order chi connectivity index (χ1) is 9.26. The van der Waals surface area contributed by atoms with Crippen molar-refractivity contribution >= 4 is 39.7 Å². The van der Waals surface area contributed by atoms with Crippen molar-refractivity contribution in [1.29, 1.82) is 0 Å². The highest BCUT2D eigenvalue weighted by molar-refractivity contribution is 7.98. The Morgan fingerprint density at radius 3 is 3.00 bits per heavy atom. The minimum atomic E-state index is 0.712. The highest BCUT2D eigenvalue weighted by Crippen LogP contribution is 2.29. The lowest BCUT2D eigenvalue weighted by atomic mass is 10.2. The lowest BCUT2D eigenvalue weighted by Crippen LogP contribution is -1.96. The van der Waals surface area contributed by atoms with Gasteiger partial charge in [-0.25, -0.2) is 0 Å². The van der Waals surface area contributed by atoms with E-state index in [1.807, 2.05) is 24.3 Å². The van der Waals surface area contributed by atoms with Gasteiger partial charge in [-0.15, -0.1) is 11.8 Å². The third-order valence-electron chi connectivity index (χ3n) is 2.96. The molecule has 0 aliphatic carbocycles. The molecule has 19 heavy (non-hydrogen) atoms. The van der Waals surface area contributed by atoms with Crippen molar-refractivity contribution in [2.75, 3.05) is 17.3 Å². The van der Waals surface area contributed by atoms with Gasteiger partial charge in [-0.2, -0.15) is 5.10 Å². The molecule has 2 aromatic carbocycles. The van der Waals surface area contributed by atoms with Crippen molar-refractivity contribution in [3.63, 3.8) is 0 Å². The Hall–Kier alpha value is -2.14.